The summed E-state index contributed by atoms with van der Waals surface area (Å²) in [5.41, 5.74) is 3.63. The summed E-state index contributed by atoms with van der Waals surface area (Å²) in [5, 5.41) is 3.16. The molecule has 1 aromatic carbocycles. The zero-order chi connectivity index (χ0) is 26.2. The van der Waals surface area contributed by atoms with E-state index in [0.29, 0.717) is 44.3 Å². The molecule has 1 amide bonds. The van der Waals surface area contributed by atoms with Crippen LogP contribution in [0.25, 0.3) is 5.57 Å². The molecule has 7 heteroatoms. The van der Waals surface area contributed by atoms with Crippen molar-refractivity contribution in [3.63, 3.8) is 0 Å². The molecule has 3 heterocycles. The monoisotopic (exact) mass is 503 g/mol. The third kappa shape index (κ3) is 6.87. The Balaban J connectivity index is 1.50. The maximum Gasteiger partial charge on any atom is 0.252 e. The Kier molecular flexibility index (Phi) is 9.14. The lowest BCUT2D eigenvalue weighted by atomic mass is 9.95. The third-order valence-corrected chi connectivity index (χ3v) is 6.93. The topological polar surface area (TPSA) is 72.8 Å². The summed E-state index contributed by atoms with van der Waals surface area (Å²) in [6.07, 6.45) is 10.5. The number of rotatable bonds is 9. The van der Waals surface area contributed by atoms with E-state index in [9.17, 15) is 9.59 Å². The van der Waals surface area contributed by atoms with Gasteiger partial charge in [0, 0.05) is 37.7 Å². The molecule has 196 valence electrons. The molecule has 2 fully saturated rings. The summed E-state index contributed by atoms with van der Waals surface area (Å²) >= 11 is 0. The van der Waals surface area contributed by atoms with Crippen molar-refractivity contribution in [2.45, 2.75) is 32.2 Å². The zero-order valence-corrected chi connectivity index (χ0v) is 22.0. The van der Waals surface area contributed by atoms with Crippen LogP contribution in [-0.4, -0.2) is 56.0 Å². The highest BCUT2D eigenvalue weighted by molar-refractivity contribution is 5.94. The summed E-state index contributed by atoms with van der Waals surface area (Å²) in [4.78, 5) is 28.0. The summed E-state index contributed by atoms with van der Waals surface area (Å²) in [5.74, 6) is 1.16. The molecule has 0 spiro atoms. The van der Waals surface area contributed by atoms with E-state index < -0.39 is 0 Å². The van der Waals surface area contributed by atoms with Crippen molar-refractivity contribution in [2.75, 3.05) is 44.4 Å². The highest BCUT2D eigenvalue weighted by Crippen LogP contribution is 2.25. The van der Waals surface area contributed by atoms with Crippen molar-refractivity contribution in [1.82, 2.24) is 9.88 Å². The molecule has 2 aromatic rings. The number of nitrogens with zero attached hydrogens (tertiary/aromatic N) is 2. The fourth-order valence-corrected chi connectivity index (χ4v) is 4.47. The molecule has 1 N–H and O–H groups in total. The minimum atomic E-state index is -0.195. The number of benzene rings is 1. The first-order valence-corrected chi connectivity index (χ1v) is 12.9. The van der Waals surface area contributed by atoms with Crippen LogP contribution >= 0.6 is 0 Å². The number of nitrogens with one attached hydrogen (secondary N) is 1. The smallest absolute Gasteiger partial charge is 0.252 e. The quantitative estimate of drug-likeness (QED) is 0.523. The lowest BCUT2D eigenvalue weighted by Gasteiger charge is -2.30. The molecular weight excluding hydrogens is 466 g/mol. The van der Waals surface area contributed by atoms with Crippen molar-refractivity contribution in [3.8, 4) is 0 Å². The lowest BCUT2D eigenvalue weighted by Crippen LogP contribution is -2.39. The molecule has 7 nitrogen and oxygen atoms in total. The van der Waals surface area contributed by atoms with Crippen molar-refractivity contribution in [3.05, 3.63) is 93.8 Å². The van der Waals surface area contributed by atoms with Gasteiger partial charge in [-0.05, 0) is 55.2 Å². The average Bonchev–Trinajstić information content (AvgIpc) is 2.88. The first kappa shape index (κ1) is 26.6. The molecular formula is C30H37N3O4. The molecule has 4 rings (SSSR count). The van der Waals surface area contributed by atoms with Gasteiger partial charge >= 0.3 is 0 Å². The number of pyridine rings is 1. The van der Waals surface area contributed by atoms with Gasteiger partial charge in [-0.15, -0.1) is 0 Å². The SMILES string of the molecule is C/C=C/C=C/C(C/C=C(\C)c1cc(N2CCOCC2)n(C)c(=O)c1)NC(=O)c1cccc(C2COC2)c1. The molecule has 1 atom stereocenters. The first-order chi connectivity index (χ1) is 18.0. The number of morpholine rings is 1. The molecule has 1 aromatic heterocycles. The molecule has 0 saturated carbocycles. The number of allylic oxidation sites excluding steroid dienone is 4. The molecule has 1 unspecified atom stereocenters. The third-order valence-electron chi connectivity index (χ3n) is 6.93. The first-order valence-electron chi connectivity index (χ1n) is 12.9. The summed E-state index contributed by atoms with van der Waals surface area (Å²) in [6, 6.07) is 11.3. The molecule has 2 aliphatic rings. The Labute approximate surface area is 219 Å². The number of amides is 1. The number of hydrogen-bond acceptors (Lipinski definition) is 5. The zero-order valence-electron chi connectivity index (χ0n) is 22.0. The summed E-state index contributed by atoms with van der Waals surface area (Å²) in [7, 11) is 1.81. The molecule has 37 heavy (non-hydrogen) atoms. The van der Waals surface area contributed by atoms with Gasteiger partial charge in [0.1, 0.15) is 5.82 Å². The van der Waals surface area contributed by atoms with Crippen LogP contribution in [0.2, 0.25) is 0 Å². The largest absolute Gasteiger partial charge is 0.380 e. The van der Waals surface area contributed by atoms with E-state index in [1.807, 2.05) is 56.4 Å². The Morgan fingerprint density at radius 2 is 1.89 bits per heavy atom. The van der Waals surface area contributed by atoms with Crippen molar-refractivity contribution < 1.29 is 14.3 Å². The number of carbonyl (C=O) groups excluding carboxylic acids is 1. The number of hydrogen-bond donors (Lipinski definition) is 1. The Hall–Kier alpha value is -3.42. The van der Waals surface area contributed by atoms with Gasteiger partial charge in [0.2, 0.25) is 0 Å². The van der Waals surface area contributed by atoms with E-state index >= 15 is 0 Å². The van der Waals surface area contributed by atoms with Crippen LogP contribution in [0, 0.1) is 0 Å². The maximum absolute atomic E-state index is 13.1. The van der Waals surface area contributed by atoms with Crippen LogP contribution in [0.15, 0.2) is 71.6 Å². The minimum absolute atomic E-state index is 0.0404. The van der Waals surface area contributed by atoms with Crippen molar-refractivity contribution in [1.29, 1.82) is 0 Å². The Morgan fingerprint density at radius 3 is 2.59 bits per heavy atom. The fourth-order valence-electron chi connectivity index (χ4n) is 4.47. The normalized spacial score (nSPS) is 17.8. The van der Waals surface area contributed by atoms with Gasteiger partial charge in [0.25, 0.3) is 11.5 Å². The predicted molar refractivity (Wildman–Crippen MR) is 148 cm³/mol. The van der Waals surface area contributed by atoms with Crippen LogP contribution in [0.1, 0.15) is 47.7 Å². The predicted octanol–water partition coefficient (Wildman–Crippen LogP) is 4.06. The van der Waals surface area contributed by atoms with Gasteiger partial charge in [-0.2, -0.15) is 0 Å². The second-order valence-corrected chi connectivity index (χ2v) is 9.57. The van der Waals surface area contributed by atoms with E-state index in [1.165, 1.54) is 0 Å². The van der Waals surface area contributed by atoms with Gasteiger partial charge in [0.05, 0.1) is 32.5 Å². The number of aromatic nitrogens is 1. The average molecular weight is 504 g/mol. The number of carbonyl (C=O) groups is 1. The van der Waals surface area contributed by atoms with Gasteiger partial charge < -0.3 is 19.7 Å². The fraction of sp³-hybridized carbons (Fsp3) is 0.400. The van der Waals surface area contributed by atoms with Crippen LogP contribution in [0.3, 0.4) is 0 Å². The second-order valence-electron chi connectivity index (χ2n) is 9.57. The van der Waals surface area contributed by atoms with Gasteiger partial charge in [-0.3, -0.25) is 14.2 Å². The lowest BCUT2D eigenvalue weighted by molar-refractivity contribution is 0.00839. The number of anilines is 1. The number of ether oxygens (including phenoxy) is 2. The molecule has 0 radical (unpaired) electrons. The van der Waals surface area contributed by atoms with E-state index in [2.05, 4.69) is 28.4 Å². The van der Waals surface area contributed by atoms with Crippen LogP contribution < -0.4 is 15.8 Å². The van der Waals surface area contributed by atoms with Gasteiger partial charge in [-0.25, -0.2) is 0 Å². The highest BCUT2D eigenvalue weighted by atomic mass is 16.5. The van der Waals surface area contributed by atoms with Crippen LogP contribution in [0.5, 0.6) is 0 Å². The minimum Gasteiger partial charge on any atom is -0.380 e. The van der Waals surface area contributed by atoms with E-state index in [1.54, 1.807) is 17.7 Å². The summed E-state index contributed by atoms with van der Waals surface area (Å²) < 4.78 is 12.5. The maximum atomic E-state index is 13.1. The molecule has 2 saturated heterocycles. The highest BCUT2D eigenvalue weighted by Gasteiger charge is 2.22. The van der Waals surface area contributed by atoms with E-state index in [-0.39, 0.29) is 17.5 Å². The van der Waals surface area contributed by atoms with Crippen LogP contribution in [-0.2, 0) is 16.5 Å². The molecule has 0 bridgehead atoms. The van der Waals surface area contributed by atoms with Gasteiger partial charge in [0.15, 0.2) is 0 Å². The molecule has 2 aliphatic heterocycles. The van der Waals surface area contributed by atoms with Gasteiger partial charge in [-0.1, -0.05) is 42.5 Å². The van der Waals surface area contributed by atoms with Crippen molar-refractivity contribution >= 4 is 17.3 Å². The van der Waals surface area contributed by atoms with Crippen LogP contribution in [0.4, 0.5) is 5.82 Å². The Bertz CT molecular complexity index is 1230. The standard InChI is InChI=1S/C30H37N3O4/c1-4-5-6-10-27(31-30(35)24-9-7-8-23(17-24)26-20-37-21-26)12-11-22(2)25-18-28(32(3)29(34)19-25)33-13-15-36-16-14-33/h4-11,17-19,26-27H,12-16,20-21H2,1-3H3,(H,31,35)/b5-4+,10-6+,22-11+. The summed E-state index contributed by atoms with van der Waals surface area (Å²) in [6.45, 7) is 8.22. The van der Waals surface area contributed by atoms with E-state index in [4.69, 9.17) is 9.47 Å². The Morgan fingerprint density at radius 1 is 1.11 bits per heavy atom. The van der Waals surface area contributed by atoms with E-state index in [0.717, 1.165) is 35.6 Å². The van der Waals surface area contributed by atoms with Crippen molar-refractivity contribution in [2.24, 2.45) is 7.05 Å². The second kappa shape index (κ2) is 12.7. The molecule has 0 aliphatic carbocycles.